The number of ether oxygens (including phenoxy) is 2. The first-order valence-corrected chi connectivity index (χ1v) is 5.06. The van der Waals surface area contributed by atoms with Gasteiger partial charge in [-0.1, -0.05) is 0 Å². The third-order valence-electron chi connectivity index (χ3n) is 2.47. The molecule has 10 nitrogen and oxygen atoms in total. The molecule has 20 heavy (non-hydrogen) atoms. The number of epoxide rings is 1. The minimum Gasteiger partial charge on any atom is -0.409 e. The summed E-state index contributed by atoms with van der Waals surface area (Å²) >= 11 is 0. The molecule has 0 aliphatic carbocycles. The lowest BCUT2D eigenvalue weighted by Crippen LogP contribution is -2.50. The number of rotatable bonds is 4. The standard InChI is InChI=1S/C10H7NO9/c12-7(5-1-3-6(4-2-5)11(17)18)19-10(15,16)9(14)8(13)20-9/h1-4,14-16H. The number of aliphatic hydroxyl groups is 3. The van der Waals surface area contributed by atoms with Gasteiger partial charge in [0.2, 0.25) is 0 Å². The van der Waals surface area contributed by atoms with Gasteiger partial charge in [-0.2, -0.15) is 0 Å². The Morgan fingerprint density at radius 1 is 1.35 bits per heavy atom. The van der Waals surface area contributed by atoms with Gasteiger partial charge in [0.05, 0.1) is 10.5 Å². The van der Waals surface area contributed by atoms with Crippen molar-refractivity contribution in [3.05, 3.63) is 39.9 Å². The van der Waals surface area contributed by atoms with Crippen molar-refractivity contribution in [2.75, 3.05) is 0 Å². The first kappa shape index (κ1) is 13.9. The quantitative estimate of drug-likeness (QED) is 0.199. The smallest absolute Gasteiger partial charge is 0.407 e. The van der Waals surface area contributed by atoms with Gasteiger partial charge in [0, 0.05) is 12.1 Å². The Balaban J connectivity index is 2.12. The van der Waals surface area contributed by atoms with Gasteiger partial charge in [-0.3, -0.25) is 10.1 Å². The van der Waals surface area contributed by atoms with Crippen LogP contribution in [0.4, 0.5) is 5.69 Å². The summed E-state index contributed by atoms with van der Waals surface area (Å²) < 4.78 is 8.03. The number of non-ortho nitro benzene ring substituents is 1. The lowest BCUT2D eigenvalue weighted by molar-refractivity contribution is -0.384. The summed E-state index contributed by atoms with van der Waals surface area (Å²) in [6.07, 6.45) is 0. The Labute approximate surface area is 109 Å². The predicted molar refractivity (Wildman–Crippen MR) is 56.7 cm³/mol. The van der Waals surface area contributed by atoms with E-state index >= 15 is 0 Å². The number of carbonyl (C=O) groups excluding carboxylic acids is 2. The summed E-state index contributed by atoms with van der Waals surface area (Å²) in [4.78, 5) is 31.9. The summed E-state index contributed by atoms with van der Waals surface area (Å²) in [5.74, 6) is -9.30. The average molecular weight is 285 g/mol. The molecule has 0 aromatic heterocycles. The van der Waals surface area contributed by atoms with E-state index in [-0.39, 0.29) is 11.3 Å². The zero-order valence-electron chi connectivity index (χ0n) is 9.55. The Morgan fingerprint density at radius 2 is 1.85 bits per heavy atom. The zero-order valence-corrected chi connectivity index (χ0v) is 9.55. The van der Waals surface area contributed by atoms with Gasteiger partial charge >= 0.3 is 23.7 Å². The van der Waals surface area contributed by atoms with Gasteiger partial charge in [-0.05, 0) is 12.1 Å². The molecule has 1 heterocycles. The molecule has 0 radical (unpaired) electrons. The fraction of sp³-hybridized carbons (Fsp3) is 0.200. The van der Waals surface area contributed by atoms with Gasteiger partial charge in [0.1, 0.15) is 0 Å². The van der Waals surface area contributed by atoms with Crippen LogP contribution in [0.15, 0.2) is 24.3 Å². The van der Waals surface area contributed by atoms with Crippen molar-refractivity contribution < 1.29 is 39.3 Å². The maximum absolute atomic E-state index is 11.5. The van der Waals surface area contributed by atoms with Crippen LogP contribution in [0.25, 0.3) is 0 Å². The van der Waals surface area contributed by atoms with Crippen LogP contribution in [0.5, 0.6) is 0 Å². The molecule has 1 aromatic carbocycles. The van der Waals surface area contributed by atoms with Gasteiger partial charge < -0.3 is 24.8 Å². The zero-order chi connectivity index (χ0) is 15.1. The second-order valence-corrected chi connectivity index (χ2v) is 3.84. The van der Waals surface area contributed by atoms with Gasteiger partial charge in [-0.25, -0.2) is 9.59 Å². The second-order valence-electron chi connectivity index (χ2n) is 3.84. The fourth-order valence-electron chi connectivity index (χ4n) is 1.28. The number of cyclic esters (lactones) is 1. The Hall–Kier alpha value is -2.56. The molecule has 1 aliphatic heterocycles. The third kappa shape index (κ3) is 2.18. The van der Waals surface area contributed by atoms with Crippen molar-refractivity contribution in [3.63, 3.8) is 0 Å². The van der Waals surface area contributed by atoms with Crippen LogP contribution < -0.4 is 0 Å². The average Bonchev–Trinajstić information content (AvgIpc) is 2.99. The molecule has 10 heteroatoms. The van der Waals surface area contributed by atoms with Crippen LogP contribution in [0.3, 0.4) is 0 Å². The highest BCUT2D eigenvalue weighted by Gasteiger charge is 2.75. The Bertz CT molecular complexity index is 593. The predicted octanol–water partition coefficient (Wildman–Crippen LogP) is -1.36. The molecular formula is C10H7NO9. The van der Waals surface area contributed by atoms with Crippen molar-refractivity contribution >= 4 is 17.6 Å². The number of carbonyl (C=O) groups is 2. The van der Waals surface area contributed by atoms with Crippen molar-refractivity contribution in [1.82, 2.24) is 0 Å². The summed E-state index contributed by atoms with van der Waals surface area (Å²) in [5, 5.41) is 38.1. The molecule has 1 atom stereocenters. The highest BCUT2D eigenvalue weighted by Crippen LogP contribution is 2.37. The van der Waals surface area contributed by atoms with Crippen LogP contribution in [0.1, 0.15) is 10.4 Å². The van der Waals surface area contributed by atoms with Crippen LogP contribution in [-0.4, -0.2) is 43.9 Å². The topological polar surface area (TPSA) is 160 Å². The molecule has 1 aliphatic rings. The van der Waals surface area contributed by atoms with E-state index in [0.29, 0.717) is 0 Å². The summed E-state index contributed by atoms with van der Waals surface area (Å²) in [7, 11) is 0. The van der Waals surface area contributed by atoms with Crippen LogP contribution in [0, 0.1) is 10.1 Å². The summed E-state index contributed by atoms with van der Waals surface area (Å²) in [5.41, 5.74) is -0.556. The number of hydrogen-bond donors (Lipinski definition) is 3. The highest BCUT2D eigenvalue weighted by atomic mass is 16.9. The summed E-state index contributed by atoms with van der Waals surface area (Å²) in [6, 6.07) is 3.97. The number of esters is 1. The number of nitrogens with zero attached hydrogens (tertiary/aromatic N) is 1. The van der Waals surface area contributed by atoms with E-state index in [1.807, 2.05) is 0 Å². The van der Waals surface area contributed by atoms with Crippen molar-refractivity contribution in [2.45, 2.75) is 11.8 Å². The van der Waals surface area contributed by atoms with E-state index in [2.05, 4.69) is 9.47 Å². The second kappa shape index (κ2) is 4.23. The number of benzene rings is 1. The molecule has 0 spiro atoms. The van der Waals surface area contributed by atoms with E-state index in [4.69, 9.17) is 0 Å². The van der Waals surface area contributed by atoms with Crippen LogP contribution in [0.2, 0.25) is 0 Å². The van der Waals surface area contributed by atoms with Gasteiger partial charge in [0.25, 0.3) is 5.69 Å². The first-order chi connectivity index (χ1) is 9.17. The fourth-order valence-corrected chi connectivity index (χ4v) is 1.28. The SMILES string of the molecule is O=C(OC(O)(O)C1(O)OC1=O)c1ccc([N+](=O)[O-])cc1. The molecular weight excluding hydrogens is 278 g/mol. The molecule has 0 amide bonds. The molecule has 3 N–H and O–H groups in total. The summed E-state index contributed by atoms with van der Waals surface area (Å²) in [6.45, 7) is 0. The van der Waals surface area contributed by atoms with Crippen LogP contribution in [-0.2, 0) is 14.3 Å². The number of nitro benzene ring substituents is 1. The maximum Gasteiger partial charge on any atom is 0.407 e. The lowest BCUT2D eigenvalue weighted by Gasteiger charge is -2.20. The Morgan fingerprint density at radius 3 is 2.25 bits per heavy atom. The van der Waals surface area contributed by atoms with E-state index < -0.39 is 28.6 Å². The largest absolute Gasteiger partial charge is 0.409 e. The van der Waals surface area contributed by atoms with Crippen molar-refractivity contribution in [1.29, 1.82) is 0 Å². The number of hydrogen-bond acceptors (Lipinski definition) is 9. The minimum atomic E-state index is -3.57. The van der Waals surface area contributed by atoms with Crippen molar-refractivity contribution in [3.8, 4) is 0 Å². The first-order valence-electron chi connectivity index (χ1n) is 5.06. The van der Waals surface area contributed by atoms with E-state index in [9.17, 15) is 35.0 Å². The van der Waals surface area contributed by atoms with E-state index in [0.717, 1.165) is 24.3 Å². The van der Waals surface area contributed by atoms with E-state index in [1.165, 1.54) is 0 Å². The van der Waals surface area contributed by atoms with Crippen LogP contribution >= 0.6 is 0 Å². The molecule has 1 fully saturated rings. The van der Waals surface area contributed by atoms with Gasteiger partial charge in [0.15, 0.2) is 0 Å². The molecule has 2 rings (SSSR count). The number of nitro groups is 1. The molecule has 0 saturated carbocycles. The minimum absolute atomic E-state index is 0.264. The van der Waals surface area contributed by atoms with E-state index in [1.54, 1.807) is 0 Å². The van der Waals surface area contributed by atoms with Gasteiger partial charge in [-0.15, -0.1) is 0 Å². The third-order valence-corrected chi connectivity index (χ3v) is 2.47. The molecule has 1 unspecified atom stereocenters. The normalized spacial score (nSPS) is 21.1. The lowest BCUT2D eigenvalue weighted by atomic mass is 10.2. The molecule has 1 aromatic rings. The Kier molecular flexibility index (Phi) is 2.93. The highest BCUT2D eigenvalue weighted by molar-refractivity contribution is 5.93. The molecule has 106 valence electrons. The molecule has 1 saturated heterocycles. The molecule has 0 bridgehead atoms. The monoisotopic (exact) mass is 285 g/mol. The maximum atomic E-state index is 11.5. The van der Waals surface area contributed by atoms with Crippen molar-refractivity contribution in [2.24, 2.45) is 0 Å².